The average molecular weight is 541 g/mol. The highest BCUT2D eigenvalue weighted by Gasteiger charge is 2.27. The van der Waals surface area contributed by atoms with E-state index >= 15 is 0 Å². The molecule has 3 atom stereocenters. The third-order valence-corrected chi connectivity index (χ3v) is 5.72. The predicted molar refractivity (Wildman–Crippen MR) is 144 cm³/mol. The highest BCUT2D eigenvalue weighted by Crippen LogP contribution is 2.27. The number of ether oxygens (including phenoxy) is 8. The van der Waals surface area contributed by atoms with Gasteiger partial charge in [-0.1, -0.05) is 55.4 Å². The van der Waals surface area contributed by atoms with Crippen molar-refractivity contribution in [3.05, 3.63) is 49.1 Å². The predicted octanol–water partition coefficient (Wildman–Crippen LogP) is 7.02. The van der Waals surface area contributed by atoms with Crippen LogP contribution in [0.5, 0.6) is 0 Å². The standard InChI is InChI=1S/C9H14O2.2C7H12O2.C6H10O3/c1-6(2)5-9-7(3)10-8(4)11-9;2*1-5(2)7-4-8-6(3)9-7;1-4(2)5-3-8-6(7)9-5/h6H,4-5H2,1-3H3;2*5,7H,3-4H2,1-2H3;4-5H,3H2,1-2H3/t;7-;;/m.1../s1. The van der Waals surface area contributed by atoms with Crippen molar-refractivity contribution < 1.29 is 42.7 Å². The Balaban J connectivity index is 0.000000254. The lowest BCUT2D eigenvalue weighted by Crippen LogP contribution is -2.16. The first-order chi connectivity index (χ1) is 17.7. The van der Waals surface area contributed by atoms with Crippen molar-refractivity contribution in [3.63, 3.8) is 0 Å². The number of cyclic esters (lactones) is 2. The molecule has 3 fully saturated rings. The molecule has 4 heterocycles. The minimum absolute atomic E-state index is 0.0301. The molecule has 0 N–H and O–H groups in total. The average Bonchev–Trinajstić information content (AvgIpc) is 3.59. The Labute approximate surface area is 228 Å². The Hall–Kier alpha value is -2.97. The van der Waals surface area contributed by atoms with E-state index in [1.165, 1.54) is 0 Å². The summed E-state index contributed by atoms with van der Waals surface area (Å²) in [5, 5.41) is 0. The number of rotatable bonds is 5. The molecular weight excluding hydrogens is 492 g/mol. The number of allylic oxidation sites excluding steroid dienone is 2. The van der Waals surface area contributed by atoms with Gasteiger partial charge in [-0.25, -0.2) is 4.79 Å². The zero-order chi connectivity index (χ0) is 29.0. The van der Waals surface area contributed by atoms with E-state index in [1.54, 1.807) is 0 Å². The van der Waals surface area contributed by atoms with E-state index in [1.807, 2.05) is 20.8 Å². The Bertz CT molecular complexity index is 755. The lowest BCUT2D eigenvalue weighted by molar-refractivity contribution is 0.105. The molecule has 9 nitrogen and oxygen atoms in total. The van der Waals surface area contributed by atoms with Gasteiger partial charge in [0.15, 0.2) is 0 Å². The molecule has 0 aromatic heterocycles. The molecule has 0 spiro atoms. The van der Waals surface area contributed by atoms with Crippen molar-refractivity contribution in [1.29, 1.82) is 0 Å². The summed E-state index contributed by atoms with van der Waals surface area (Å²) in [4.78, 5) is 10.3. The zero-order valence-corrected chi connectivity index (χ0v) is 24.7. The van der Waals surface area contributed by atoms with Crippen molar-refractivity contribution in [3.8, 4) is 0 Å². The summed E-state index contributed by atoms with van der Waals surface area (Å²) < 4.78 is 40.1. The van der Waals surface area contributed by atoms with Crippen LogP contribution in [0.3, 0.4) is 0 Å². The first kappa shape index (κ1) is 33.1. The van der Waals surface area contributed by atoms with Crippen LogP contribution in [0.1, 0.15) is 68.7 Å². The number of carbonyl (C=O) groups is 1. The molecule has 0 aromatic rings. The van der Waals surface area contributed by atoms with E-state index in [0.717, 1.165) is 17.9 Å². The lowest BCUT2D eigenvalue weighted by atomic mass is 10.1. The summed E-state index contributed by atoms with van der Waals surface area (Å²) in [5.41, 5.74) is 0. The highest BCUT2D eigenvalue weighted by molar-refractivity contribution is 5.61. The summed E-state index contributed by atoms with van der Waals surface area (Å²) in [5.74, 6) is 5.09. The monoisotopic (exact) mass is 540 g/mol. The van der Waals surface area contributed by atoms with Crippen LogP contribution in [0.25, 0.3) is 0 Å². The fourth-order valence-electron chi connectivity index (χ4n) is 3.17. The smallest absolute Gasteiger partial charge is 0.462 e. The molecule has 4 rings (SSSR count). The van der Waals surface area contributed by atoms with Gasteiger partial charge >= 0.3 is 6.16 Å². The van der Waals surface area contributed by atoms with Crippen LogP contribution in [0.4, 0.5) is 4.79 Å². The Kier molecular flexibility index (Phi) is 14.0. The SMILES string of the molecule is C=C1OC(C)=C(CC(C)C)O1.C=C1OCC(C(C)C)O1.C=C1OC[C@H](C(C)C)O1.CC(C)C1COC(=O)O1. The maximum absolute atomic E-state index is 10.3. The number of carbonyl (C=O) groups excluding carboxylic acids is 1. The van der Waals surface area contributed by atoms with E-state index < -0.39 is 6.16 Å². The van der Waals surface area contributed by atoms with Crippen LogP contribution < -0.4 is 0 Å². The number of hydrogen-bond donors (Lipinski definition) is 0. The van der Waals surface area contributed by atoms with Crippen LogP contribution in [0, 0.1) is 23.7 Å². The van der Waals surface area contributed by atoms with Gasteiger partial charge in [0.2, 0.25) is 0 Å². The first-order valence-electron chi connectivity index (χ1n) is 13.2. The van der Waals surface area contributed by atoms with Crippen LogP contribution in [-0.2, 0) is 37.9 Å². The zero-order valence-electron chi connectivity index (χ0n) is 24.7. The third-order valence-electron chi connectivity index (χ3n) is 5.72. The molecule has 2 unspecified atom stereocenters. The fourth-order valence-corrected chi connectivity index (χ4v) is 3.17. The van der Waals surface area contributed by atoms with Crippen molar-refractivity contribution in [2.75, 3.05) is 19.8 Å². The van der Waals surface area contributed by atoms with Gasteiger partial charge in [0.1, 0.15) is 49.7 Å². The Morgan fingerprint density at radius 1 is 0.658 bits per heavy atom. The van der Waals surface area contributed by atoms with E-state index in [-0.39, 0.29) is 18.3 Å². The van der Waals surface area contributed by atoms with Crippen molar-refractivity contribution >= 4 is 6.16 Å². The van der Waals surface area contributed by atoms with Gasteiger partial charge in [0.05, 0.1) is 0 Å². The Morgan fingerprint density at radius 3 is 1.29 bits per heavy atom. The molecule has 0 aliphatic carbocycles. The molecule has 3 saturated heterocycles. The van der Waals surface area contributed by atoms with Gasteiger partial charge in [0.25, 0.3) is 17.8 Å². The maximum atomic E-state index is 10.3. The lowest BCUT2D eigenvalue weighted by Gasteiger charge is -2.09. The van der Waals surface area contributed by atoms with Crippen LogP contribution in [-0.4, -0.2) is 44.3 Å². The molecule has 218 valence electrons. The molecular formula is C29H48O9. The molecule has 0 saturated carbocycles. The van der Waals surface area contributed by atoms with Gasteiger partial charge in [-0.05, 0) is 50.3 Å². The summed E-state index contributed by atoms with van der Waals surface area (Å²) in [6.45, 7) is 31.0. The first-order valence-corrected chi connectivity index (χ1v) is 13.2. The molecule has 4 aliphatic rings. The second-order valence-corrected chi connectivity index (χ2v) is 10.8. The van der Waals surface area contributed by atoms with Crippen LogP contribution >= 0.6 is 0 Å². The van der Waals surface area contributed by atoms with Crippen LogP contribution in [0.15, 0.2) is 49.1 Å². The molecule has 0 amide bonds. The summed E-state index contributed by atoms with van der Waals surface area (Å²) in [6.07, 6.45) is 0.798. The van der Waals surface area contributed by atoms with Crippen molar-refractivity contribution in [2.24, 2.45) is 23.7 Å². The molecule has 0 aromatic carbocycles. The van der Waals surface area contributed by atoms with Crippen molar-refractivity contribution in [2.45, 2.75) is 87.0 Å². The highest BCUT2D eigenvalue weighted by atomic mass is 16.8. The van der Waals surface area contributed by atoms with Gasteiger partial charge in [-0.15, -0.1) is 0 Å². The Morgan fingerprint density at radius 2 is 1.08 bits per heavy atom. The van der Waals surface area contributed by atoms with E-state index in [9.17, 15) is 4.79 Å². The van der Waals surface area contributed by atoms with Gasteiger partial charge in [-0.3, -0.25) is 0 Å². The minimum Gasteiger partial charge on any atom is -0.462 e. The maximum Gasteiger partial charge on any atom is 0.508 e. The summed E-state index contributed by atoms with van der Waals surface area (Å²) >= 11 is 0. The summed E-state index contributed by atoms with van der Waals surface area (Å²) in [7, 11) is 0. The second kappa shape index (κ2) is 16.1. The third kappa shape index (κ3) is 12.5. The fraction of sp³-hybridized carbons (Fsp3) is 0.690. The molecule has 0 radical (unpaired) electrons. The van der Waals surface area contributed by atoms with E-state index in [2.05, 4.69) is 66.0 Å². The topological polar surface area (TPSA) is 90.9 Å². The molecule has 0 bridgehead atoms. The van der Waals surface area contributed by atoms with Gasteiger partial charge in [-0.2, -0.15) is 0 Å². The van der Waals surface area contributed by atoms with Crippen molar-refractivity contribution in [1.82, 2.24) is 0 Å². The van der Waals surface area contributed by atoms with Gasteiger partial charge < -0.3 is 37.9 Å². The largest absolute Gasteiger partial charge is 0.508 e. The molecule has 9 heteroatoms. The normalized spacial score (nSPS) is 23.6. The summed E-state index contributed by atoms with van der Waals surface area (Å²) in [6, 6.07) is 0. The van der Waals surface area contributed by atoms with Gasteiger partial charge in [0, 0.05) is 6.42 Å². The second-order valence-electron chi connectivity index (χ2n) is 10.8. The quantitative estimate of drug-likeness (QED) is 0.341. The number of hydrogen-bond acceptors (Lipinski definition) is 9. The minimum atomic E-state index is -0.534. The molecule has 38 heavy (non-hydrogen) atoms. The van der Waals surface area contributed by atoms with E-state index in [4.69, 9.17) is 33.2 Å². The molecule has 4 aliphatic heterocycles. The van der Waals surface area contributed by atoms with E-state index in [0.29, 0.717) is 61.3 Å². The van der Waals surface area contributed by atoms with Crippen LogP contribution in [0.2, 0.25) is 0 Å².